The molecule has 0 radical (unpaired) electrons. The molecule has 0 aromatic carbocycles. The highest BCUT2D eigenvalue weighted by molar-refractivity contribution is 5.28. The average molecular weight is 361 g/mol. The molecule has 1 aliphatic heterocycles. The molecule has 1 saturated heterocycles. The van der Waals surface area contributed by atoms with Gasteiger partial charge in [-0.05, 0) is 99.4 Å². The highest BCUT2D eigenvalue weighted by Gasteiger charge is 2.57. The van der Waals surface area contributed by atoms with Gasteiger partial charge in [0.1, 0.15) is 0 Å². The van der Waals surface area contributed by atoms with Crippen LogP contribution in [0.1, 0.15) is 71.6 Å². The second-order valence-electron chi connectivity index (χ2n) is 9.88. The molecule has 1 N–H and O–H groups in total. The Morgan fingerprint density at radius 1 is 1.04 bits per heavy atom. The molecule has 26 heavy (non-hydrogen) atoms. The van der Waals surface area contributed by atoms with E-state index in [2.05, 4.69) is 13.0 Å². The van der Waals surface area contributed by atoms with E-state index in [4.69, 9.17) is 9.47 Å². The van der Waals surface area contributed by atoms with Gasteiger partial charge in [0, 0.05) is 6.42 Å². The van der Waals surface area contributed by atoms with Crippen molar-refractivity contribution < 1.29 is 14.6 Å². The van der Waals surface area contributed by atoms with Crippen LogP contribution in [0.2, 0.25) is 0 Å². The van der Waals surface area contributed by atoms with Gasteiger partial charge in [-0.3, -0.25) is 0 Å². The summed E-state index contributed by atoms with van der Waals surface area (Å²) < 4.78 is 12.1. The largest absolute Gasteiger partial charge is 0.393 e. The van der Waals surface area contributed by atoms with Crippen molar-refractivity contribution in [3.8, 4) is 0 Å². The molecule has 4 aliphatic carbocycles. The van der Waals surface area contributed by atoms with E-state index in [1.54, 1.807) is 5.57 Å². The first-order valence-electron chi connectivity index (χ1n) is 11.3. The van der Waals surface area contributed by atoms with E-state index in [0.29, 0.717) is 11.3 Å². The molecule has 5 aliphatic rings. The van der Waals surface area contributed by atoms with Gasteiger partial charge in [-0.1, -0.05) is 12.5 Å². The summed E-state index contributed by atoms with van der Waals surface area (Å²) in [7, 11) is 0. The fraction of sp³-hybridized carbons (Fsp3) is 0.913. The molecule has 3 nitrogen and oxygen atoms in total. The van der Waals surface area contributed by atoms with Crippen LogP contribution in [0, 0.1) is 35.0 Å². The summed E-state index contributed by atoms with van der Waals surface area (Å²) in [6, 6.07) is 0. The van der Waals surface area contributed by atoms with Crippen molar-refractivity contribution in [2.24, 2.45) is 35.0 Å². The van der Waals surface area contributed by atoms with Gasteiger partial charge in [-0.25, -0.2) is 0 Å². The lowest BCUT2D eigenvalue weighted by Crippen LogP contribution is -2.51. The zero-order valence-electron chi connectivity index (χ0n) is 16.6. The molecule has 3 heteroatoms. The summed E-state index contributed by atoms with van der Waals surface area (Å²) in [6.07, 6.45) is 13.8. The van der Waals surface area contributed by atoms with Crippen LogP contribution < -0.4 is 0 Å². The monoisotopic (exact) mass is 360 g/mol. The van der Waals surface area contributed by atoms with Crippen molar-refractivity contribution in [1.82, 2.24) is 0 Å². The van der Waals surface area contributed by atoms with Crippen molar-refractivity contribution in [3.63, 3.8) is 0 Å². The molecular formula is C23H36O3. The smallest absolute Gasteiger partial charge is 0.188 e. The first kappa shape index (κ1) is 17.7. The molecular weight excluding hydrogens is 324 g/mol. The second kappa shape index (κ2) is 6.32. The van der Waals surface area contributed by atoms with Crippen molar-refractivity contribution in [2.45, 2.75) is 83.5 Å². The summed E-state index contributed by atoms with van der Waals surface area (Å²) in [5, 5.41) is 10.3. The maximum absolute atomic E-state index is 10.3. The molecule has 1 spiro atoms. The minimum absolute atomic E-state index is 0.119. The molecule has 7 atom stereocenters. The number of fused-ring (bicyclic) bond motifs is 5. The Bertz CT molecular complexity index is 576. The third-order valence-corrected chi connectivity index (χ3v) is 9.25. The van der Waals surface area contributed by atoms with Crippen LogP contribution in [0.15, 0.2) is 11.6 Å². The first-order valence-corrected chi connectivity index (χ1v) is 11.3. The molecule has 0 aromatic heterocycles. The van der Waals surface area contributed by atoms with Crippen LogP contribution >= 0.6 is 0 Å². The zero-order chi connectivity index (χ0) is 17.9. The molecule has 1 heterocycles. The standard InChI is InChI=1S/C23H36O3/c1-3-22-10-11-23(25-12-13-26-23)14-16(22)4-5-20-19-7-6-17(15(2)24)18(19)8-9-21(20)22/h14-15,17-21,24H,3-13H2,1-2H3/t15?,17-,18?,19?,20?,21?,22+/m0/s1. The van der Waals surface area contributed by atoms with Gasteiger partial charge in [-0.2, -0.15) is 0 Å². The van der Waals surface area contributed by atoms with Gasteiger partial charge in [-0.15, -0.1) is 0 Å². The first-order chi connectivity index (χ1) is 12.6. The van der Waals surface area contributed by atoms with Gasteiger partial charge in [0.15, 0.2) is 5.79 Å². The van der Waals surface area contributed by atoms with Crippen LogP contribution in [0.3, 0.4) is 0 Å². The molecule has 4 fully saturated rings. The Morgan fingerprint density at radius 3 is 2.54 bits per heavy atom. The van der Waals surface area contributed by atoms with Gasteiger partial charge in [0.2, 0.25) is 0 Å². The maximum atomic E-state index is 10.3. The van der Waals surface area contributed by atoms with E-state index < -0.39 is 0 Å². The molecule has 3 saturated carbocycles. The van der Waals surface area contributed by atoms with Crippen molar-refractivity contribution in [3.05, 3.63) is 11.6 Å². The number of aliphatic hydroxyl groups is 1. The molecule has 5 rings (SSSR count). The third-order valence-electron chi connectivity index (χ3n) is 9.25. The molecule has 146 valence electrons. The van der Waals surface area contributed by atoms with E-state index in [-0.39, 0.29) is 11.9 Å². The highest BCUT2D eigenvalue weighted by atomic mass is 16.7. The summed E-state index contributed by atoms with van der Waals surface area (Å²) >= 11 is 0. The van der Waals surface area contributed by atoms with Crippen LogP contribution in [-0.4, -0.2) is 30.2 Å². The molecule has 0 amide bonds. The van der Waals surface area contributed by atoms with Gasteiger partial charge in [0.25, 0.3) is 0 Å². The van der Waals surface area contributed by atoms with E-state index in [0.717, 1.165) is 43.3 Å². The fourth-order valence-electron chi connectivity index (χ4n) is 8.15. The molecule has 0 bridgehead atoms. The topological polar surface area (TPSA) is 38.7 Å². The molecule has 0 aromatic rings. The van der Waals surface area contributed by atoms with E-state index in [9.17, 15) is 5.11 Å². The zero-order valence-corrected chi connectivity index (χ0v) is 16.6. The normalized spacial score (nSPS) is 47.8. The number of hydrogen-bond acceptors (Lipinski definition) is 3. The maximum Gasteiger partial charge on any atom is 0.188 e. The minimum Gasteiger partial charge on any atom is -0.393 e. The van der Waals surface area contributed by atoms with Crippen molar-refractivity contribution >= 4 is 0 Å². The van der Waals surface area contributed by atoms with Crippen molar-refractivity contribution in [1.29, 1.82) is 0 Å². The predicted molar refractivity (Wildman–Crippen MR) is 102 cm³/mol. The van der Waals surface area contributed by atoms with Gasteiger partial charge >= 0.3 is 0 Å². The third kappa shape index (κ3) is 2.42. The summed E-state index contributed by atoms with van der Waals surface area (Å²) in [6.45, 7) is 5.94. The highest BCUT2D eigenvalue weighted by Crippen LogP contribution is 2.65. The Kier molecular flexibility index (Phi) is 4.30. The molecule has 5 unspecified atom stereocenters. The van der Waals surface area contributed by atoms with Crippen molar-refractivity contribution in [2.75, 3.05) is 13.2 Å². The predicted octanol–water partition coefficient (Wildman–Crippen LogP) is 4.69. The quantitative estimate of drug-likeness (QED) is 0.726. The second-order valence-corrected chi connectivity index (χ2v) is 9.88. The summed E-state index contributed by atoms with van der Waals surface area (Å²) in [4.78, 5) is 0. The summed E-state index contributed by atoms with van der Waals surface area (Å²) in [5.41, 5.74) is 2.06. The lowest BCUT2D eigenvalue weighted by Gasteiger charge is -2.58. The number of allylic oxidation sites excluding steroid dienone is 1. The Morgan fingerprint density at radius 2 is 1.81 bits per heavy atom. The minimum atomic E-state index is -0.386. The number of rotatable bonds is 2. The average Bonchev–Trinajstić information content (AvgIpc) is 3.28. The summed E-state index contributed by atoms with van der Waals surface area (Å²) in [5.74, 6) is 3.56. The fourth-order valence-corrected chi connectivity index (χ4v) is 8.15. The van der Waals surface area contributed by atoms with E-state index in [1.165, 1.54) is 51.4 Å². The van der Waals surface area contributed by atoms with Crippen LogP contribution in [-0.2, 0) is 9.47 Å². The van der Waals surface area contributed by atoms with Gasteiger partial charge in [0.05, 0.1) is 19.3 Å². The van der Waals surface area contributed by atoms with Crippen LogP contribution in [0.4, 0.5) is 0 Å². The Hall–Kier alpha value is -0.380. The lowest BCUT2D eigenvalue weighted by molar-refractivity contribution is -0.144. The SMILES string of the molecule is CC[C@@]12CCC3(C=C1CCC1C4CC[C@@H](C(C)O)C4CCC12)OCCO3. The number of ether oxygens (including phenoxy) is 2. The Balaban J connectivity index is 1.44. The number of aliphatic hydroxyl groups excluding tert-OH is 1. The Labute approximate surface area is 158 Å². The van der Waals surface area contributed by atoms with E-state index >= 15 is 0 Å². The number of hydrogen-bond donors (Lipinski definition) is 1. The lowest BCUT2D eigenvalue weighted by atomic mass is 9.48. The van der Waals surface area contributed by atoms with Crippen LogP contribution in [0.5, 0.6) is 0 Å². The van der Waals surface area contributed by atoms with Gasteiger partial charge < -0.3 is 14.6 Å². The van der Waals surface area contributed by atoms with E-state index in [1.807, 2.05) is 6.92 Å². The van der Waals surface area contributed by atoms with Crippen LogP contribution in [0.25, 0.3) is 0 Å².